The van der Waals surface area contributed by atoms with Crippen LogP contribution in [0.2, 0.25) is 0 Å². The molecule has 0 unspecified atom stereocenters. The lowest BCUT2D eigenvalue weighted by atomic mass is 10.2. The first-order chi connectivity index (χ1) is 9.31. The lowest BCUT2D eigenvalue weighted by Gasteiger charge is -1.93. The Kier molecular flexibility index (Phi) is 2.77. The van der Waals surface area contributed by atoms with Crippen molar-refractivity contribution in [2.45, 2.75) is 0 Å². The Morgan fingerprint density at radius 3 is 2.74 bits per heavy atom. The number of nitrogen functional groups attached to an aromatic ring is 1. The molecule has 19 heavy (non-hydrogen) atoms. The molecule has 3 N–H and O–H groups in total. The number of hydrogen-bond acceptors (Lipinski definition) is 6. The van der Waals surface area contributed by atoms with Crippen molar-refractivity contribution in [3.63, 3.8) is 0 Å². The second-order valence-corrected chi connectivity index (χ2v) is 3.79. The van der Waals surface area contributed by atoms with E-state index in [4.69, 9.17) is 10.3 Å². The van der Waals surface area contributed by atoms with Crippen LogP contribution in [0.25, 0.3) is 23.8 Å². The number of H-pyrrole nitrogens is 1. The third kappa shape index (κ3) is 2.49. The second kappa shape index (κ2) is 4.73. The van der Waals surface area contributed by atoms with Gasteiger partial charge in [0.05, 0.1) is 0 Å². The van der Waals surface area contributed by atoms with E-state index >= 15 is 0 Å². The Balaban J connectivity index is 1.78. The smallest absolute Gasteiger partial charge is 0.251 e. The van der Waals surface area contributed by atoms with Gasteiger partial charge in [-0.25, -0.2) is 4.98 Å². The Morgan fingerprint density at radius 1 is 1.16 bits per heavy atom. The Bertz CT molecular complexity index is 683. The Labute approximate surface area is 108 Å². The third-order valence-electron chi connectivity index (χ3n) is 2.42. The number of nitrogens with zero attached hydrogens (tertiary/aromatic N) is 4. The first kappa shape index (κ1) is 11.1. The Hall–Kier alpha value is -2.96. The molecule has 0 amide bonds. The molecule has 0 saturated carbocycles. The fourth-order valence-corrected chi connectivity index (χ4v) is 1.49. The van der Waals surface area contributed by atoms with Crippen LogP contribution < -0.4 is 5.73 Å². The zero-order chi connectivity index (χ0) is 13.1. The number of aromatic amines is 1. The van der Waals surface area contributed by atoms with Crippen LogP contribution in [0.4, 0.5) is 5.69 Å². The minimum Gasteiger partial charge on any atom is -0.399 e. The van der Waals surface area contributed by atoms with Gasteiger partial charge in [0.25, 0.3) is 5.89 Å². The predicted molar refractivity (Wildman–Crippen MR) is 69.5 cm³/mol. The van der Waals surface area contributed by atoms with Gasteiger partial charge in [0.1, 0.15) is 6.33 Å². The van der Waals surface area contributed by atoms with Gasteiger partial charge in [-0.2, -0.15) is 10.1 Å². The van der Waals surface area contributed by atoms with Crippen molar-refractivity contribution in [2.75, 3.05) is 5.73 Å². The van der Waals surface area contributed by atoms with E-state index in [1.807, 2.05) is 30.3 Å². The van der Waals surface area contributed by atoms with E-state index in [1.165, 1.54) is 6.33 Å². The minimum atomic E-state index is 0.370. The van der Waals surface area contributed by atoms with E-state index in [0.29, 0.717) is 17.5 Å². The van der Waals surface area contributed by atoms with Crippen molar-refractivity contribution < 1.29 is 4.52 Å². The lowest BCUT2D eigenvalue weighted by molar-refractivity contribution is 0.411. The number of benzene rings is 1. The van der Waals surface area contributed by atoms with E-state index in [9.17, 15) is 0 Å². The normalized spacial score (nSPS) is 11.2. The number of anilines is 1. The van der Waals surface area contributed by atoms with Crippen molar-refractivity contribution in [1.29, 1.82) is 0 Å². The fourth-order valence-electron chi connectivity index (χ4n) is 1.49. The molecule has 94 valence electrons. The van der Waals surface area contributed by atoms with Crippen molar-refractivity contribution in [1.82, 2.24) is 25.3 Å². The summed E-state index contributed by atoms with van der Waals surface area (Å²) < 4.78 is 5.07. The quantitative estimate of drug-likeness (QED) is 0.687. The summed E-state index contributed by atoms with van der Waals surface area (Å²) in [5.41, 5.74) is 7.33. The summed E-state index contributed by atoms with van der Waals surface area (Å²) in [7, 11) is 0. The maximum absolute atomic E-state index is 5.61. The van der Waals surface area contributed by atoms with E-state index in [1.54, 1.807) is 6.08 Å². The molecule has 0 aliphatic heterocycles. The molecule has 0 atom stereocenters. The van der Waals surface area contributed by atoms with Crippen LogP contribution in [0.15, 0.2) is 35.1 Å². The summed E-state index contributed by atoms with van der Waals surface area (Å²) in [4.78, 5) is 8.10. The van der Waals surface area contributed by atoms with E-state index in [2.05, 4.69) is 25.3 Å². The number of aromatic nitrogens is 5. The van der Waals surface area contributed by atoms with Gasteiger partial charge in [0, 0.05) is 11.8 Å². The molecule has 2 aromatic heterocycles. The molecule has 7 heteroatoms. The summed E-state index contributed by atoms with van der Waals surface area (Å²) in [6, 6.07) is 7.46. The summed E-state index contributed by atoms with van der Waals surface area (Å²) in [5, 5.41) is 10.2. The van der Waals surface area contributed by atoms with Gasteiger partial charge in [-0.1, -0.05) is 17.3 Å². The van der Waals surface area contributed by atoms with E-state index in [-0.39, 0.29) is 0 Å². The van der Waals surface area contributed by atoms with Gasteiger partial charge in [-0.05, 0) is 23.8 Å². The van der Waals surface area contributed by atoms with Gasteiger partial charge in [-0.15, -0.1) is 0 Å². The number of nitrogens with two attached hydrogens (primary N) is 1. The lowest BCUT2D eigenvalue weighted by Crippen LogP contribution is -1.83. The molecule has 0 bridgehead atoms. The highest BCUT2D eigenvalue weighted by Crippen LogP contribution is 2.12. The van der Waals surface area contributed by atoms with Crippen LogP contribution in [0.1, 0.15) is 11.5 Å². The van der Waals surface area contributed by atoms with Crippen LogP contribution in [0.3, 0.4) is 0 Å². The zero-order valence-corrected chi connectivity index (χ0v) is 9.82. The van der Waals surface area contributed by atoms with Crippen LogP contribution in [-0.2, 0) is 0 Å². The van der Waals surface area contributed by atoms with Gasteiger partial charge in [0.2, 0.25) is 5.82 Å². The maximum Gasteiger partial charge on any atom is 0.251 e. The molecule has 0 fully saturated rings. The monoisotopic (exact) mass is 254 g/mol. The molecule has 3 rings (SSSR count). The average molecular weight is 254 g/mol. The standard InChI is InChI=1S/C12H10N6O/c13-9-4-1-8(2-5-9)3-6-10-16-12(18-19-10)11-14-7-15-17-11/h1-7H,13H2,(H,14,15,17)/b6-3+. The molecule has 2 heterocycles. The summed E-state index contributed by atoms with van der Waals surface area (Å²) in [6.45, 7) is 0. The third-order valence-corrected chi connectivity index (χ3v) is 2.42. The van der Waals surface area contributed by atoms with E-state index < -0.39 is 0 Å². The molecular weight excluding hydrogens is 244 g/mol. The van der Waals surface area contributed by atoms with Gasteiger partial charge in [0.15, 0.2) is 5.82 Å². The molecule has 0 saturated heterocycles. The second-order valence-electron chi connectivity index (χ2n) is 3.79. The largest absolute Gasteiger partial charge is 0.399 e. The minimum absolute atomic E-state index is 0.370. The van der Waals surface area contributed by atoms with Gasteiger partial charge < -0.3 is 10.3 Å². The van der Waals surface area contributed by atoms with Gasteiger partial charge in [-0.3, -0.25) is 5.10 Å². The fraction of sp³-hybridized carbons (Fsp3) is 0. The van der Waals surface area contributed by atoms with Crippen molar-refractivity contribution in [3.05, 3.63) is 42.0 Å². The topological polar surface area (TPSA) is 107 Å². The Morgan fingerprint density at radius 2 is 2.00 bits per heavy atom. The molecule has 1 aromatic carbocycles. The van der Waals surface area contributed by atoms with Gasteiger partial charge >= 0.3 is 0 Å². The van der Waals surface area contributed by atoms with Crippen LogP contribution in [-0.4, -0.2) is 25.3 Å². The summed E-state index contributed by atoms with van der Waals surface area (Å²) in [6.07, 6.45) is 4.96. The molecule has 7 nitrogen and oxygen atoms in total. The van der Waals surface area contributed by atoms with Crippen LogP contribution in [0.5, 0.6) is 0 Å². The van der Waals surface area contributed by atoms with E-state index in [0.717, 1.165) is 11.3 Å². The summed E-state index contributed by atoms with van der Waals surface area (Å²) in [5.74, 6) is 1.23. The predicted octanol–water partition coefficient (Wildman–Crippen LogP) is 1.61. The molecule has 3 aromatic rings. The zero-order valence-electron chi connectivity index (χ0n) is 9.82. The number of nitrogens with one attached hydrogen (secondary N) is 1. The van der Waals surface area contributed by atoms with Crippen molar-refractivity contribution in [2.24, 2.45) is 0 Å². The molecular formula is C12H10N6O. The van der Waals surface area contributed by atoms with Crippen LogP contribution in [0, 0.1) is 0 Å². The molecule has 0 radical (unpaired) electrons. The first-order valence-corrected chi connectivity index (χ1v) is 5.54. The molecule has 0 spiro atoms. The highest BCUT2D eigenvalue weighted by Gasteiger charge is 2.08. The average Bonchev–Trinajstić information content (AvgIpc) is 3.09. The highest BCUT2D eigenvalue weighted by atomic mass is 16.5. The number of hydrogen-bond donors (Lipinski definition) is 2. The maximum atomic E-state index is 5.61. The first-order valence-electron chi connectivity index (χ1n) is 5.54. The molecule has 0 aliphatic carbocycles. The highest BCUT2D eigenvalue weighted by molar-refractivity contribution is 5.67. The van der Waals surface area contributed by atoms with Crippen molar-refractivity contribution in [3.8, 4) is 11.6 Å². The number of rotatable bonds is 3. The summed E-state index contributed by atoms with van der Waals surface area (Å²) >= 11 is 0. The molecule has 0 aliphatic rings. The van der Waals surface area contributed by atoms with Crippen LogP contribution >= 0.6 is 0 Å². The van der Waals surface area contributed by atoms with Crippen molar-refractivity contribution >= 4 is 17.8 Å². The SMILES string of the molecule is Nc1ccc(/C=C/c2nc(-c3ncn[nH]3)no2)cc1.